The van der Waals surface area contributed by atoms with Crippen LogP contribution in [-0.4, -0.2) is 4.68 Å². The van der Waals surface area contributed by atoms with Crippen molar-refractivity contribution in [2.24, 2.45) is 7.05 Å². The van der Waals surface area contributed by atoms with Crippen molar-refractivity contribution in [1.29, 1.82) is 5.26 Å². The highest BCUT2D eigenvalue weighted by Gasteiger charge is 2.18. The second kappa shape index (κ2) is 4.06. The van der Waals surface area contributed by atoms with Crippen LogP contribution in [0.5, 0.6) is 0 Å². The van der Waals surface area contributed by atoms with E-state index < -0.39 is 0 Å². The predicted molar refractivity (Wildman–Crippen MR) is 65.9 cm³/mol. The summed E-state index contributed by atoms with van der Waals surface area (Å²) in [4.78, 5) is 0. The van der Waals surface area contributed by atoms with Crippen LogP contribution in [-0.2, 0) is 7.05 Å². The smallest absolute Gasteiger partial charge is 0.192 e. The van der Waals surface area contributed by atoms with E-state index in [4.69, 9.17) is 5.26 Å². The van der Waals surface area contributed by atoms with Gasteiger partial charge in [0.15, 0.2) is 0 Å². The zero-order valence-corrected chi connectivity index (χ0v) is 10.7. The molecule has 0 unspecified atom stereocenters. The molecule has 0 amide bonds. The summed E-state index contributed by atoms with van der Waals surface area (Å²) in [5.74, 6) is 0. The third-order valence-electron chi connectivity index (χ3n) is 3.27. The first kappa shape index (κ1) is 11.4. The fraction of sp³-hybridized carbons (Fsp3) is 0.286. The van der Waals surface area contributed by atoms with E-state index in [2.05, 4.69) is 35.5 Å². The van der Waals surface area contributed by atoms with Gasteiger partial charge in [-0.2, -0.15) is 9.94 Å². The molecule has 0 aliphatic rings. The molecule has 86 valence electrons. The summed E-state index contributed by atoms with van der Waals surface area (Å²) in [5, 5.41) is 8.86. The molecule has 0 bridgehead atoms. The summed E-state index contributed by atoms with van der Waals surface area (Å²) in [7, 11) is 2.04. The Labute approximate surface area is 102 Å². The lowest BCUT2D eigenvalue weighted by molar-refractivity contribution is -0.683. The van der Waals surface area contributed by atoms with Gasteiger partial charge in [-0.1, -0.05) is 4.68 Å². The third-order valence-corrected chi connectivity index (χ3v) is 3.27. The van der Waals surface area contributed by atoms with Crippen LogP contribution in [0.3, 0.4) is 0 Å². The van der Waals surface area contributed by atoms with Crippen LogP contribution in [0.25, 0.3) is 5.69 Å². The number of benzene rings is 1. The van der Waals surface area contributed by atoms with E-state index in [1.165, 1.54) is 11.3 Å². The second-order valence-corrected chi connectivity index (χ2v) is 4.38. The van der Waals surface area contributed by atoms with Gasteiger partial charge in [0.2, 0.25) is 11.9 Å². The van der Waals surface area contributed by atoms with Gasteiger partial charge in [0.25, 0.3) is 0 Å². The van der Waals surface area contributed by atoms with Gasteiger partial charge >= 0.3 is 0 Å². The van der Waals surface area contributed by atoms with E-state index in [0.717, 1.165) is 11.3 Å². The molecule has 0 fully saturated rings. The van der Waals surface area contributed by atoms with Gasteiger partial charge < -0.3 is 0 Å². The topological polar surface area (TPSA) is 32.6 Å². The van der Waals surface area contributed by atoms with Crippen LogP contribution < -0.4 is 4.68 Å². The van der Waals surface area contributed by atoms with Crippen LogP contribution in [0, 0.1) is 32.1 Å². The number of aromatic nitrogens is 2. The first-order valence-electron chi connectivity index (χ1n) is 5.60. The van der Waals surface area contributed by atoms with Gasteiger partial charge in [-0.3, -0.25) is 0 Å². The SMILES string of the molecule is Cc1cc(C#N)ccc1-[n+]1cc(C)c(C)n1C. The number of nitrogens with zero attached hydrogens (tertiary/aromatic N) is 3. The van der Waals surface area contributed by atoms with E-state index in [-0.39, 0.29) is 0 Å². The Morgan fingerprint density at radius 2 is 1.88 bits per heavy atom. The Morgan fingerprint density at radius 3 is 2.35 bits per heavy atom. The largest absolute Gasteiger partial charge is 0.238 e. The maximum atomic E-state index is 8.86. The number of hydrogen-bond acceptors (Lipinski definition) is 1. The molecule has 0 radical (unpaired) electrons. The van der Waals surface area contributed by atoms with Crippen molar-refractivity contribution < 1.29 is 4.68 Å². The molecule has 0 aliphatic carbocycles. The van der Waals surface area contributed by atoms with E-state index in [1.807, 2.05) is 32.2 Å². The summed E-state index contributed by atoms with van der Waals surface area (Å²) in [6.45, 7) is 6.23. The monoisotopic (exact) mass is 226 g/mol. The molecule has 2 aromatic rings. The first-order chi connectivity index (χ1) is 8.04. The lowest BCUT2D eigenvalue weighted by Crippen LogP contribution is -2.39. The summed E-state index contributed by atoms with van der Waals surface area (Å²) < 4.78 is 4.23. The fourth-order valence-electron chi connectivity index (χ4n) is 1.99. The van der Waals surface area contributed by atoms with E-state index in [1.54, 1.807) is 0 Å². The van der Waals surface area contributed by atoms with Crippen molar-refractivity contribution in [3.8, 4) is 11.8 Å². The molecule has 0 saturated carbocycles. The van der Waals surface area contributed by atoms with Gasteiger partial charge in [-0.05, 0) is 32.9 Å². The van der Waals surface area contributed by atoms with Gasteiger partial charge in [0, 0.05) is 17.2 Å². The highest BCUT2D eigenvalue weighted by Crippen LogP contribution is 2.12. The molecule has 1 aromatic carbocycles. The van der Waals surface area contributed by atoms with Crippen molar-refractivity contribution >= 4 is 0 Å². The zero-order valence-electron chi connectivity index (χ0n) is 10.7. The molecule has 0 atom stereocenters. The molecule has 0 N–H and O–H groups in total. The van der Waals surface area contributed by atoms with E-state index in [9.17, 15) is 0 Å². The Hall–Kier alpha value is -2.08. The summed E-state index contributed by atoms with van der Waals surface area (Å²) in [6.07, 6.45) is 2.11. The van der Waals surface area contributed by atoms with Crippen LogP contribution in [0.1, 0.15) is 22.4 Å². The minimum atomic E-state index is 0.703. The maximum absolute atomic E-state index is 8.86. The van der Waals surface area contributed by atoms with E-state index in [0.29, 0.717) is 5.56 Å². The van der Waals surface area contributed by atoms with E-state index >= 15 is 0 Å². The molecule has 3 nitrogen and oxygen atoms in total. The van der Waals surface area contributed by atoms with Crippen molar-refractivity contribution in [2.75, 3.05) is 0 Å². The van der Waals surface area contributed by atoms with Gasteiger partial charge in [-0.25, -0.2) is 0 Å². The number of nitriles is 1. The molecule has 0 spiro atoms. The van der Waals surface area contributed by atoms with Gasteiger partial charge in [-0.15, -0.1) is 0 Å². The van der Waals surface area contributed by atoms with Crippen LogP contribution in [0.15, 0.2) is 24.4 Å². The lowest BCUT2D eigenvalue weighted by atomic mass is 10.1. The second-order valence-electron chi connectivity index (χ2n) is 4.38. The normalized spacial score (nSPS) is 10.3. The maximum Gasteiger partial charge on any atom is 0.238 e. The van der Waals surface area contributed by atoms with Crippen molar-refractivity contribution in [2.45, 2.75) is 20.8 Å². The number of hydrogen-bond donors (Lipinski definition) is 0. The van der Waals surface area contributed by atoms with Crippen molar-refractivity contribution in [3.05, 3.63) is 46.8 Å². The predicted octanol–water partition coefficient (Wildman–Crippen LogP) is 2.10. The molecular formula is C14H16N3+. The quantitative estimate of drug-likeness (QED) is 0.685. The third kappa shape index (κ3) is 1.83. The fourth-order valence-corrected chi connectivity index (χ4v) is 1.99. The number of aryl methyl sites for hydroxylation is 2. The lowest BCUT2D eigenvalue weighted by Gasteiger charge is -2.01. The summed E-state index contributed by atoms with van der Waals surface area (Å²) in [5.41, 5.74) is 5.43. The Kier molecular flexibility index (Phi) is 2.72. The zero-order chi connectivity index (χ0) is 12.6. The summed E-state index contributed by atoms with van der Waals surface area (Å²) >= 11 is 0. The molecule has 17 heavy (non-hydrogen) atoms. The average molecular weight is 226 g/mol. The minimum Gasteiger partial charge on any atom is -0.192 e. The first-order valence-corrected chi connectivity index (χ1v) is 5.60. The van der Waals surface area contributed by atoms with Crippen LogP contribution in [0.2, 0.25) is 0 Å². The highest BCUT2D eigenvalue weighted by atomic mass is 15.4. The van der Waals surface area contributed by atoms with Crippen molar-refractivity contribution in [1.82, 2.24) is 4.68 Å². The molecule has 0 saturated heterocycles. The Morgan fingerprint density at radius 1 is 1.18 bits per heavy atom. The van der Waals surface area contributed by atoms with Crippen LogP contribution >= 0.6 is 0 Å². The average Bonchev–Trinajstić information content (AvgIpc) is 2.57. The Balaban J connectivity index is 2.62. The van der Waals surface area contributed by atoms with Crippen LogP contribution in [0.4, 0.5) is 0 Å². The molecule has 0 aliphatic heterocycles. The molecule has 1 heterocycles. The highest BCUT2D eigenvalue weighted by molar-refractivity contribution is 5.41. The minimum absolute atomic E-state index is 0.703. The molecular weight excluding hydrogens is 210 g/mol. The molecule has 1 aromatic heterocycles. The number of rotatable bonds is 1. The van der Waals surface area contributed by atoms with Gasteiger partial charge in [0.1, 0.15) is 0 Å². The standard InChI is InChI=1S/C14H16N3/c1-10-7-13(8-15)5-6-14(10)17-9-11(2)12(3)16(17)4/h5-7,9H,1-4H3/q+1. The molecule has 3 heteroatoms. The Bertz CT molecular complexity index is 615. The van der Waals surface area contributed by atoms with Crippen molar-refractivity contribution in [3.63, 3.8) is 0 Å². The van der Waals surface area contributed by atoms with Gasteiger partial charge in [0.05, 0.1) is 24.4 Å². The summed E-state index contributed by atoms with van der Waals surface area (Å²) in [6, 6.07) is 7.93. The molecule has 2 rings (SSSR count).